The Kier molecular flexibility index (Phi) is 7.28. The van der Waals surface area contributed by atoms with Crippen LogP contribution in [-0.2, 0) is 4.79 Å². The zero-order valence-electron chi connectivity index (χ0n) is 16.0. The van der Waals surface area contributed by atoms with Crippen LogP contribution in [0.2, 0.25) is 0 Å². The Morgan fingerprint density at radius 1 is 0.926 bits per heavy atom. The summed E-state index contributed by atoms with van der Waals surface area (Å²) in [5.74, 6) is 0.334. The fourth-order valence-electron chi connectivity index (χ4n) is 3.64. The van der Waals surface area contributed by atoms with Gasteiger partial charge in [-0.25, -0.2) is 0 Å². The van der Waals surface area contributed by atoms with Gasteiger partial charge in [0.2, 0.25) is 5.91 Å². The van der Waals surface area contributed by atoms with E-state index in [1.165, 1.54) is 38.8 Å². The molecule has 0 aromatic heterocycles. The first-order chi connectivity index (χ1) is 13.2. The number of hydrogen-bond acceptors (Lipinski definition) is 3. The second-order valence-electron chi connectivity index (χ2n) is 7.39. The Morgan fingerprint density at radius 3 is 2.37 bits per heavy atom. The van der Waals surface area contributed by atoms with Crippen LogP contribution < -0.4 is 5.32 Å². The summed E-state index contributed by atoms with van der Waals surface area (Å²) < 4.78 is 0. The fraction of sp³-hybridized carbons (Fsp3) is 0.435. The van der Waals surface area contributed by atoms with Crippen molar-refractivity contribution in [2.45, 2.75) is 44.9 Å². The lowest BCUT2D eigenvalue weighted by Gasteiger charge is -2.19. The van der Waals surface area contributed by atoms with Crippen molar-refractivity contribution in [1.82, 2.24) is 4.90 Å². The van der Waals surface area contributed by atoms with Crippen LogP contribution in [0.15, 0.2) is 48.5 Å². The SMILES string of the molecule is O=C(CCCCN1CCCCCC1)Nc1ccc(-c2cccc(O)c2)cc1. The largest absolute Gasteiger partial charge is 0.508 e. The van der Waals surface area contributed by atoms with Crippen LogP contribution in [0.3, 0.4) is 0 Å². The van der Waals surface area contributed by atoms with Crippen molar-refractivity contribution in [3.8, 4) is 16.9 Å². The summed E-state index contributed by atoms with van der Waals surface area (Å²) in [6.45, 7) is 3.56. The minimum atomic E-state index is 0.0796. The van der Waals surface area contributed by atoms with Crippen molar-refractivity contribution < 1.29 is 9.90 Å². The molecule has 0 unspecified atom stereocenters. The summed E-state index contributed by atoms with van der Waals surface area (Å²) in [7, 11) is 0. The van der Waals surface area contributed by atoms with Gasteiger partial charge in [-0.1, -0.05) is 37.1 Å². The van der Waals surface area contributed by atoms with Crippen LogP contribution in [0, 0.1) is 0 Å². The molecule has 27 heavy (non-hydrogen) atoms. The lowest BCUT2D eigenvalue weighted by atomic mass is 10.1. The average Bonchev–Trinajstić information content (AvgIpc) is 2.95. The van der Waals surface area contributed by atoms with Gasteiger partial charge in [-0.15, -0.1) is 0 Å². The number of benzene rings is 2. The summed E-state index contributed by atoms with van der Waals surface area (Å²) in [4.78, 5) is 14.7. The lowest BCUT2D eigenvalue weighted by molar-refractivity contribution is -0.116. The molecule has 2 aromatic carbocycles. The molecule has 4 nitrogen and oxygen atoms in total. The molecule has 3 rings (SSSR count). The Morgan fingerprint density at radius 2 is 1.67 bits per heavy atom. The number of aromatic hydroxyl groups is 1. The third-order valence-electron chi connectivity index (χ3n) is 5.18. The van der Waals surface area contributed by atoms with Crippen molar-refractivity contribution in [2.24, 2.45) is 0 Å². The predicted octanol–water partition coefficient (Wildman–Crippen LogP) is 5.04. The first-order valence-corrected chi connectivity index (χ1v) is 10.1. The van der Waals surface area contributed by atoms with Crippen molar-refractivity contribution in [1.29, 1.82) is 0 Å². The second-order valence-corrected chi connectivity index (χ2v) is 7.39. The van der Waals surface area contributed by atoms with Crippen LogP contribution in [0.25, 0.3) is 11.1 Å². The molecule has 0 saturated carbocycles. The van der Waals surface area contributed by atoms with Crippen molar-refractivity contribution in [3.63, 3.8) is 0 Å². The Bertz CT molecular complexity index is 719. The molecule has 1 aliphatic rings. The van der Waals surface area contributed by atoms with E-state index in [1.54, 1.807) is 12.1 Å². The van der Waals surface area contributed by atoms with Gasteiger partial charge in [0, 0.05) is 12.1 Å². The van der Waals surface area contributed by atoms with E-state index < -0.39 is 0 Å². The van der Waals surface area contributed by atoms with Gasteiger partial charge in [-0.2, -0.15) is 0 Å². The number of likely N-dealkylation sites (tertiary alicyclic amines) is 1. The molecule has 1 aliphatic heterocycles. The van der Waals surface area contributed by atoms with Gasteiger partial charge < -0.3 is 15.3 Å². The average molecular weight is 367 g/mol. The molecule has 0 radical (unpaired) electrons. The van der Waals surface area contributed by atoms with Crippen LogP contribution >= 0.6 is 0 Å². The van der Waals surface area contributed by atoms with Crippen LogP contribution in [0.5, 0.6) is 5.75 Å². The van der Waals surface area contributed by atoms with Gasteiger partial charge >= 0.3 is 0 Å². The van der Waals surface area contributed by atoms with E-state index in [0.29, 0.717) is 6.42 Å². The maximum absolute atomic E-state index is 12.2. The van der Waals surface area contributed by atoms with Crippen LogP contribution in [0.4, 0.5) is 5.69 Å². The van der Waals surface area contributed by atoms with Gasteiger partial charge in [0.05, 0.1) is 0 Å². The monoisotopic (exact) mass is 366 g/mol. The van der Waals surface area contributed by atoms with E-state index in [1.807, 2.05) is 36.4 Å². The van der Waals surface area contributed by atoms with Crippen molar-refractivity contribution in [2.75, 3.05) is 25.0 Å². The number of anilines is 1. The number of hydrogen-bond donors (Lipinski definition) is 2. The molecule has 0 spiro atoms. The lowest BCUT2D eigenvalue weighted by Crippen LogP contribution is -2.25. The van der Waals surface area contributed by atoms with Crippen LogP contribution in [0.1, 0.15) is 44.9 Å². The summed E-state index contributed by atoms with van der Waals surface area (Å²) in [5, 5.41) is 12.6. The molecule has 1 fully saturated rings. The summed E-state index contributed by atoms with van der Waals surface area (Å²) in [6, 6.07) is 14.9. The van der Waals surface area contributed by atoms with E-state index in [2.05, 4.69) is 10.2 Å². The Balaban J connectivity index is 1.40. The first-order valence-electron chi connectivity index (χ1n) is 10.1. The zero-order valence-corrected chi connectivity index (χ0v) is 16.0. The first kappa shape index (κ1) is 19.4. The maximum Gasteiger partial charge on any atom is 0.224 e. The topological polar surface area (TPSA) is 52.6 Å². The Hall–Kier alpha value is -2.33. The summed E-state index contributed by atoms with van der Waals surface area (Å²) in [6.07, 6.45) is 7.96. The molecule has 2 N–H and O–H groups in total. The highest BCUT2D eigenvalue weighted by Gasteiger charge is 2.09. The number of carbonyl (C=O) groups is 1. The van der Waals surface area contributed by atoms with Gasteiger partial charge in [-0.3, -0.25) is 4.79 Å². The molecule has 1 saturated heterocycles. The molecule has 0 aliphatic carbocycles. The highest BCUT2D eigenvalue weighted by molar-refractivity contribution is 5.90. The normalized spacial score (nSPS) is 15.3. The highest BCUT2D eigenvalue weighted by atomic mass is 16.3. The number of unbranched alkanes of at least 4 members (excludes halogenated alkanes) is 1. The summed E-state index contributed by atoms with van der Waals surface area (Å²) in [5.41, 5.74) is 2.79. The zero-order chi connectivity index (χ0) is 18.9. The molecule has 2 aromatic rings. The number of rotatable bonds is 7. The molecule has 4 heteroatoms. The van der Waals surface area contributed by atoms with Crippen molar-refractivity contribution >= 4 is 11.6 Å². The van der Waals surface area contributed by atoms with E-state index in [0.717, 1.165) is 36.2 Å². The van der Waals surface area contributed by atoms with Gasteiger partial charge in [0.25, 0.3) is 0 Å². The Labute approximate surface area is 162 Å². The smallest absolute Gasteiger partial charge is 0.224 e. The van der Waals surface area contributed by atoms with E-state index >= 15 is 0 Å². The van der Waals surface area contributed by atoms with Gasteiger partial charge in [-0.05, 0) is 80.7 Å². The fourth-order valence-corrected chi connectivity index (χ4v) is 3.64. The third-order valence-corrected chi connectivity index (χ3v) is 5.18. The maximum atomic E-state index is 12.2. The van der Waals surface area contributed by atoms with Crippen LogP contribution in [-0.4, -0.2) is 35.5 Å². The standard InChI is InChI=1S/C23H30N2O2/c26-22-9-7-8-20(18-22)19-11-13-21(14-12-19)24-23(27)10-3-6-17-25-15-4-1-2-5-16-25/h7-9,11-14,18,26H,1-6,10,15-17H2,(H,24,27). The number of phenols is 1. The number of nitrogens with zero attached hydrogens (tertiary/aromatic N) is 1. The van der Waals surface area contributed by atoms with Crippen molar-refractivity contribution in [3.05, 3.63) is 48.5 Å². The minimum Gasteiger partial charge on any atom is -0.508 e. The molecule has 1 amide bonds. The molecule has 0 atom stereocenters. The van der Waals surface area contributed by atoms with Gasteiger partial charge in [0.15, 0.2) is 0 Å². The molecule has 144 valence electrons. The summed E-state index contributed by atoms with van der Waals surface area (Å²) >= 11 is 0. The van der Waals surface area contributed by atoms with E-state index in [-0.39, 0.29) is 11.7 Å². The highest BCUT2D eigenvalue weighted by Crippen LogP contribution is 2.24. The second kappa shape index (κ2) is 10.1. The number of amides is 1. The molecular weight excluding hydrogens is 336 g/mol. The molecule has 0 bridgehead atoms. The molecule has 1 heterocycles. The van der Waals surface area contributed by atoms with E-state index in [9.17, 15) is 9.90 Å². The number of nitrogens with one attached hydrogen (secondary N) is 1. The molecular formula is C23H30N2O2. The predicted molar refractivity (Wildman–Crippen MR) is 111 cm³/mol. The minimum absolute atomic E-state index is 0.0796. The third kappa shape index (κ3) is 6.40. The van der Waals surface area contributed by atoms with Gasteiger partial charge in [0.1, 0.15) is 5.75 Å². The van der Waals surface area contributed by atoms with E-state index in [4.69, 9.17) is 0 Å². The number of phenolic OH excluding ortho intramolecular Hbond substituents is 1. The quantitative estimate of drug-likeness (QED) is 0.675. The number of carbonyl (C=O) groups excluding carboxylic acids is 1.